The van der Waals surface area contributed by atoms with Gasteiger partial charge in [-0.25, -0.2) is 0 Å². The topological polar surface area (TPSA) is 73.3 Å². The van der Waals surface area contributed by atoms with E-state index in [1.165, 1.54) is 11.5 Å². The first-order valence-electron chi connectivity index (χ1n) is 8.63. The Bertz CT molecular complexity index is 1020. The number of rotatable bonds is 5. The third-order valence-corrected chi connectivity index (χ3v) is 5.42. The summed E-state index contributed by atoms with van der Waals surface area (Å²) in [5.41, 5.74) is 3.35. The number of hydrogen-bond donors (Lipinski definition) is 1. The van der Waals surface area contributed by atoms with Gasteiger partial charge in [0, 0.05) is 17.7 Å². The Morgan fingerprint density at radius 2 is 1.89 bits per heavy atom. The zero-order valence-electron chi connectivity index (χ0n) is 15.1. The number of hydrogen-bond acceptors (Lipinski definition) is 6. The van der Waals surface area contributed by atoms with Crippen LogP contribution >= 0.6 is 11.5 Å². The third kappa shape index (κ3) is 3.38. The Morgan fingerprint density at radius 3 is 2.63 bits per heavy atom. The molecule has 138 valence electrons. The lowest BCUT2D eigenvalue weighted by Gasteiger charge is -2.10. The lowest BCUT2D eigenvalue weighted by atomic mass is 10.1. The van der Waals surface area contributed by atoms with Crippen molar-refractivity contribution < 1.29 is 14.3 Å². The number of allylic oxidation sites excluding steroid dienone is 2. The van der Waals surface area contributed by atoms with Crippen molar-refractivity contribution in [1.29, 1.82) is 0 Å². The van der Waals surface area contributed by atoms with Crippen molar-refractivity contribution in [3.8, 4) is 22.6 Å². The molecule has 1 aromatic carbocycles. The Balaban J connectivity index is 1.61. The number of carbonyl (C=O) groups is 1. The van der Waals surface area contributed by atoms with Crippen molar-refractivity contribution in [1.82, 2.24) is 9.36 Å². The summed E-state index contributed by atoms with van der Waals surface area (Å²) in [4.78, 5) is 16.9. The van der Waals surface area contributed by atoms with E-state index in [-0.39, 0.29) is 11.8 Å². The van der Waals surface area contributed by atoms with Gasteiger partial charge in [-0.3, -0.25) is 9.78 Å². The van der Waals surface area contributed by atoms with Crippen LogP contribution in [0.15, 0.2) is 42.6 Å². The van der Waals surface area contributed by atoms with Crippen LogP contribution in [0.25, 0.3) is 22.2 Å². The van der Waals surface area contributed by atoms with Crippen LogP contribution in [0.4, 0.5) is 5.00 Å². The van der Waals surface area contributed by atoms with Crippen molar-refractivity contribution in [3.63, 3.8) is 0 Å². The SMILES string of the molecule is COc1ccc(-c2cnc3c(NC(=O)C4CC=CC4)snc3c2)cc1OC. The summed E-state index contributed by atoms with van der Waals surface area (Å²) in [5, 5.41) is 3.67. The molecule has 2 heterocycles. The van der Waals surface area contributed by atoms with E-state index in [9.17, 15) is 4.79 Å². The molecule has 4 rings (SSSR count). The molecule has 0 fully saturated rings. The molecule has 0 atom stereocenters. The quantitative estimate of drug-likeness (QED) is 0.668. The first-order chi connectivity index (χ1) is 13.2. The van der Waals surface area contributed by atoms with E-state index < -0.39 is 0 Å². The number of pyridine rings is 1. The van der Waals surface area contributed by atoms with Gasteiger partial charge in [0.1, 0.15) is 16.0 Å². The number of aromatic nitrogens is 2. The van der Waals surface area contributed by atoms with E-state index in [0.717, 1.165) is 29.5 Å². The highest BCUT2D eigenvalue weighted by atomic mass is 32.1. The lowest BCUT2D eigenvalue weighted by molar-refractivity contribution is -0.119. The Hall–Kier alpha value is -2.93. The monoisotopic (exact) mass is 381 g/mol. The summed E-state index contributed by atoms with van der Waals surface area (Å²) in [6.07, 6.45) is 7.45. The minimum Gasteiger partial charge on any atom is -0.493 e. The fourth-order valence-corrected chi connectivity index (χ4v) is 3.86. The third-order valence-electron chi connectivity index (χ3n) is 4.65. The molecule has 0 radical (unpaired) electrons. The second-order valence-corrected chi connectivity index (χ2v) is 7.08. The summed E-state index contributed by atoms with van der Waals surface area (Å²) in [6.45, 7) is 0. The molecule has 1 aliphatic carbocycles. The summed E-state index contributed by atoms with van der Waals surface area (Å²) < 4.78 is 15.1. The van der Waals surface area contributed by atoms with E-state index >= 15 is 0 Å². The molecule has 0 bridgehead atoms. The van der Waals surface area contributed by atoms with Crippen molar-refractivity contribution >= 4 is 33.5 Å². The molecule has 0 spiro atoms. The molecule has 7 heteroatoms. The molecule has 0 saturated carbocycles. The van der Waals surface area contributed by atoms with Gasteiger partial charge in [0.2, 0.25) is 5.91 Å². The second-order valence-electron chi connectivity index (χ2n) is 6.30. The number of benzene rings is 1. The van der Waals surface area contributed by atoms with Gasteiger partial charge in [0.05, 0.1) is 14.2 Å². The number of anilines is 1. The van der Waals surface area contributed by atoms with Crippen LogP contribution in [0.1, 0.15) is 12.8 Å². The van der Waals surface area contributed by atoms with Crippen LogP contribution in [0.5, 0.6) is 11.5 Å². The predicted molar refractivity (Wildman–Crippen MR) is 106 cm³/mol. The van der Waals surface area contributed by atoms with Crippen LogP contribution in [0.3, 0.4) is 0 Å². The highest BCUT2D eigenvalue weighted by Crippen LogP contribution is 2.34. The van der Waals surface area contributed by atoms with Gasteiger partial charge in [-0.2, -0.15) is 4.37 Å². The van der Waals surface area contributed by atoms with Crippen LogP contribution in [-0.2, 0) is 4.79 Å². The second kappa shape index (κ2) is 7.36. The normalized spacial score (nSPS) is 13.9. The van der Waals surface area contributed by atoms with Crippen LogP contribution in [0.2, 0.25) is 0 Å². The highest BCUT2D eigenvalue weighted by molar-refractivity contribution is 7.12. The van der Waals surface area contributed by atoms with Crippen LogP contribution in [0, 0.1) is 5.92 Å². The maximum atomic E-state index is 12.3. The van der Waals surface area contributed by atoms with Crippen molar-refractivity contribution in [3.05, 3.63) is 42.6 Å². The number of nitrogens with zero attached hydrogens (tertiary/aromatic N) is 2. The average molecular weight is 381 g/mol. The molecule has 6 nitrogen and oxygen atoms in total. The first-order valence-corrected chi connectivity index (χ1v) is 9.40. The Labute approximate surface area is 161 Å². The van der Waals surface area contributed by atoms with Crippen LogP contribution in [-0.4, -0.2) is 29.5 Å². The molecule has 27 heavy (non-hydrogen) atoms. The van der Waals surface area contributed by atoms with E-state index in [2.05, 4.69) is 14.7 Å². The highest BCUT2D eigenvalue weighted by Gasteiger charge is 2.21. The number of methoxy groups -OCH3 is 2. The molecule has 2 aromatic heterocycles. The number of amides is 1. The molecule has 1 N–H and O–H groups in total. The minimum absolute atomic E-state index is 0.00758. The summed E-state index contributed by atoms with van der Waals surface area (Å²) in [5.74, 6) is 1.37. The molecule has 1 aliphatic rings. The van der Waals surface area contributed by atoms with Crippen molar-refractivity contribution in [2.24, 2.45) is 5.92 Å². The molecular formula is C20H19N3O3S. The van der Waals surface area contributed by atoms with Crippen molar-refractivity contribution in [2.75, 3.05) is 19.5 Å². The van der Waals surface area contributed by atoms with Gasteiger partial charge >= 0.3 is 0 Å². The van der Waals surface area contributed by atoms with E-state index in [4.69, 9.17) is 9.47 Å². The van der Waals surface area contributed by atoms with E-state index in [0.29, 0.717) is 22.0 Å². The molecular weight excluding hydrogens is 362 g/mol. The van der Waals surface area contributed by atoms with Gasteiger partial charge in [-0.15, -0.1) is 0 Å². The largest absolute Gasteiger partial charge is 0.493 e. The number of ether oxygens (including phenoxy) is 2. The number of fused-ring (bicyclic) bond motifs is 1. The zero-order chi connectivity index (χ0) is 18.8. The van der Waals surface area contributed by atoms with Gasteiger partial charge in [-0.05, 0) is 48.1 Å². The standard InChI is InChI=1S/C20H19N3O3S/c1-25-16-8-7-13(10-17(16)26-2)14-9-15-18(21-11-14)20(27-23-15)22-19(24)12-5-3-4-6-12/h3-4,7-12H,5-6H2,1-2H3,(H,22,24). The van der Waals surface area contributed by atoms with Crippen LogP contribution < -0.4 is 14.8 Å². The summed E-state index contributed by atoms with van der Waals surface area (Å²) in [7, 11) is 3.22. The number of carbonyl (C=O) groups excluding carboxylic acids is 1. The van der Waals surface area contributed by atoms with Gasteiger partial charge < -0.3 is 14.8 Å². The van der Waals surface area contributed by atoms with Gasteiger partial charge in [0.25, 0.3) is 0 Å². The average Bonchev–Trinajstić information content (AvgIpc) is 3.37. The maximum absolute atomic E-state index is 12.3. The predicted octanol–water partition coefficient (Wildman–Crippen LogP) is 4.28. The number of nitrogens with one attached hydrogen (secondary N) is 1. The smallest absolute Gasteiger partial charge is 0.228 e. The maximum Gasteiger partial charge on any atom is 0.228 e. The molecule has 0 aliphatic heterocycles. The summed E-state index contributed by atoms with van der Waals surface area (Å²) >= 11 is 1.26. The minimum atomic E-state index is 0.00758. The van der Waals surface area contributed by atoms with Gasteiger partial charge in [-0.1, -0.05) is 18.2 Å². The molecule has 3 aromatic rings. The zero-order valence-corrected chi connectivity index (χ0v) is 15.9. The fraction of sp³-hybridized carbons (Fsp3) is 0.250. The van der Waals surface area contributed by atoms with Crippen molar-refractivity contribution in [2.45, 2.75) is 12.8 Å². The Kier molecular flexibility index (Phi) is 4.77. The molecule has 0 unspecified atom stereocenters. The molecule has 0 saturated heterocycles. The Morgan fingerprint density at radius 1 is 1.11 bits per heavy atom. The summed E-state index contributed by atoms with van der Waals surface area (Å²) in [6, 6.07) is 7.68. The first kappa shape index (κ1) is 17.5. The molecule has 1 amide bonds. The van der Waals surface area contributed by atoms with E-state index in [1.807, 2.05) is 36.4 Å². The fourth-order valence-electron chi connectivity index (χ4n) is 3.14. The lowest BCUT2D eigenvalue weighted by Crippen LogP contribution is -2.20. The van der Waals surface area contributed by atoms with Gasteiger partial charge in [0.15, 0.2) is 11.5 Å². The van der Waals surface area contributed by atoms with E-state index in [1.54, 1.807) is 20.4 Å².